The Labute approximate surface area is 95.4 Å². The lowest BCUT2D eigenvalue weighted by atomic mass is 10.0. The van der Waals surface area contributed by atoms with Gasteiger partial charge in [0, 0.05) is 17.5 Å². The Morgan fingerprint density at radius 2 is 2.00 bits per heavy atom. The van der Waals surface area contributed by atoms with E-state index in [1.54, 1.807) is 0 Å². The van der Waals surface area contributed by atoms with Crippen LogP contribution in [0.3, 0.4) is 0 Å². The normalized spacial score (nSPS) is 15.9. The summed E-state index contributed by atoms with van der Waals surface area (Å²) in [6, 6.07) is 2.34. The van der Waals surface area contributed by atoms with Gasteiger partial charge in [-0.15, -0.1) is 0 Å². The number of aliphatic hydroxyl groups is 2. The van der Waals surface area contributed by atoms with E-state index in [1.165, 1.54) is 6.07 Å². The van der Waals surface area contributed by atoms with Crippen molar-refractivity contribution in [1.29, 1.82) is 0 Å². The molecule has 3 nitrogen and oxygen atoms in total. The van der Waals surface area contributed by atoms with Gasteiger partial charge >= 0.3 is 6.18 Å². The van der Waals surface area contributed by atoms with Crippen LogP contribution in [0.2, 0.25) is 0 Å². The molecule has 1 heterocycles. The molecule has 0 fully saturated rings. The molecule has 0 amide bonds. The second-order valence-electron chi connectivity index (χ2n) is 3.13. The van der Waals surface area contributed by atoms with Gasteiger partial charge in [0.05, 0.1) is 6.10 Å². The Bertz CT molecular complexity index is 359. The smallest absolute Gasteiger partial charge is 0.389 e. The number of aromatic nitrogens is 1. The zero-order valence-corrected chi connectivity index (χ0v) is 8.91. The lowest BCUT2D eigenvalue weighted by Crippen LogP contribution is -2.23. The van der Waals surface area contributed by atoms with E-state index in [4.69, 9.17) is 0 Å². The van der Waals surface area contributed by atoms with Gasteiger partial charge in [0.1, 0.15) is 11.8 Å². The van der Waals surface area contributed by atoms with E-state index in [0.29, 0.717) is 0 Å². The molecule has 1 rings (SSSR count). The standard InChI is InChI=1S/C9H10F3NO2S/c10-9(11,12)8-5(2-1-3-13-8)7(15)6(14)4-16/h1-3,6-7,14-16H,4H2. The van der Waals surface area contributed by atoms with Gasteiger partial charge in [-0.1, -0.05) is 6.07 Å². The maximum atomic E-state index is 12.5. The zero-order valence-electron chi connectivity index (χ0n) is 8.02. The number of rotatable bonds is 3. The fourth-order valence-corrected chi connectivity index (χ4v) is 1.40. The molecule has 2 N–H and O–H groups in total. The van der Waals surface area contributed by atoms with E-state index < -0.39 is 29.6 Å². The maximum Gasteiger partial charge on any atom is 0.433 e. The summed E-state index contributed by atoms with van der Waals surface area (Å²) in [6.45, 7) is 0. The summed E-state index contributed by atoms with van der Waals surface area (Å²) in [4.78, 5) is 3.17. The first-order valence-electron chi connectivity index (χ1n) is 4.37. The minimum Gasteiger partial charge on any atom is -0.389 e. The largest absolute Gasteiger partial charge is 0.433 e. The third-order valence-electron chi connectivity index (χ3n) is 1.98. The number of halogens is 3. The van der Waals surface area contributed by atoms with Gasteiger partial charge in [-0.3, -0.25) is 4.98 Å². The summed E-state index contributed by atoms with van der Waals surface area (Å²) in [5.74, 6) is -0.145. The molecule has 0 aliphatic heterocycles. The molecule has 0 aliphatic carbocycles. The Balaban J connectivity index is 3.13. The molecule has 0 saturated heterocycles. The fourth-order valence-electron chi connectivity index (χ4n) is 1.20. The molecule has 1 aromatic rings. The van der Waals surface area contributed by atoms with E-state index >= 15 is 0 Å². The first kappa shape index (κ1) is 13.3. The third-order valence-corrected chi connectivity index (χ3v) is 2.35. The summed E-state index contributed by atoms with van der Waals surface area (Å²) in [5, 5.41) is 18.7. The quantitative estimate of drug-likeness (QED) is 0.714. The topological polar surface area (TPSA) is 53.4 Å². The highest BCUT2D eigenvalue weighted by atomic mass is 32.1. The van der Waals surface area contributed by atoms with Crippen LogP contribution in [-0.2, 0) is 6.18 Å². The van der Waals surface area contributed by atoms with Crippen molar-refractivity contribution in [2.45, 2.75) is 18.4 Å². The molecule has 7 heteroatoms. The van der Waals surface area contributed by atoms with E-state index in [1.807, 2.05) is 0 Å². The van der Waals surface area contributed by atoms with Crippen molar-refractivity contribution < 1.29 is 23.4 Å². The van der Waals surface area contributed by atoms with Crippen molar-refractivity contribution in [1.82, 2.24) is 4.98 Å². The minimum absolute atomic E-state index is 0.145. The van der Waals surface area contributed by atoms with Crippen molar-refractivity contribution in [2.24, 2.45) is 0 Å². The van der Waals surface area contributed by atoms with E-state index in [-0.39, 0.29) is 5.75 Å². The number of aliphatic hydroxyl groups excluding tert-OH is 2. The molecule has 2 unspecified atom stereocenters. The summed E-state index contributed by atoms with van der Waals surface area (Å²) in [7, 11) is 0. The van der Waals surface area contributed by atoms with Gasteiger partial charge in [-0.05, 0) is 6.07 Å². The molecular formula is C9H10F3NO2S. The Morgan fingerprint density at radius 3 is 2.50 bits per heavy atom. The fraction of sp³-hybridized carbons (Fsp3) is 0.444. The molecule has 90 valence electrons. The number of thiol groups is 1. The molecule has 16 heavy (non-hydrogen) atoms. The number of hydrogen-bond donors (Lipinski definition) is 3. The van der Waals surface area contributed by atoms with Gasteiger partial charge in [0.2, 0.25) is 0 Å². The van der Waals surface area contributed by atoms with E-state index in [0.717, 1.165) is 12.3 Å². The highest BCUT2D eigenvalue weighted by molar-refractivity contribution is 7.80. The second kappa shape index (κ2) is 5.03. The number of alkyl halides is 3. The van der Waals surface area contributed by atoms with E-state index in [9.17, 15) is 23.4 Å². The minimum atomic E-state index is -4.66. The zero-order chi connectivity index (χ0) is 12.3. The predicted molar refractivity (Wildman–Crippen MR) is 54.1 cm³/mol. The monoisotopic (exact) mass is 253 g/mol. The van der Waals surface area contributed by atoms with Crippen LogP contribution in [0.4, 0.5) is 13.2 Å². The highest BCUT2D eigenvalue weighted by Crippen LogP contribution is 2.33. The van der Waals surface area contributed by atoms with Crippen LogP contribution in [0.1, 0.15) is 17.4 Å². The maximum absolute atomic E-state index is 12.5. The molecule has 2 atom stereocenters. The average molecular weight is 253 g/mol. The van der Waals surface area contributed by atoms with Crippen LogP contribution >= 0.6 is 12.6 Å². The van der Waals surface area contributed by atoms with Crippen LogP contribution < -0.4 is 0 Å². The van der Waals surface area contributed by atoms with Gasteiger partial charge in [-0.25, -0.2) is 0 Å². The predicted octanol–water partition coefficient (Wildman–Crippen LogP) is 1.42. The Hall–Kier alpha value is -0.790. The first-order chi connectivity index (χ1) is 7.38. The number of pyridine rings is 1. The van der Waals surface area contributed by atoms with E-state index in [2.05, 4.69) is 17.6 Å². The van der Waals surface area contributed by atoms with Crippen molar-refractivity contribution in [2.75, 3.05) is 5.75 Å². The Kier molecular flexibility index (Phi) is 4.17. The van der Waals surface area contributed by atoms with Crippen molar-refractivity contribution in [3.05, 3.63) is 29.6 Å². The van der Waals surface area contributed by atoms with Crippen molar-refractivity contribution >= 4 is 12.6 Å². The Morgan fingerprint density at radius 1 is 1.38 bits per heavy atom. The van der Waals surface area contributed by atoms with Gasteiger partial charge in [0.15, 0.2) is 0 Å². The summed E-state index contributed by atoms with van der Waals surface area (Å²) >= 11 is 3.70. The number of nitrogens with zero attached hydrogens (tertiary/aromatic N) is 1. The molecule has 1 aromatic heterocycles. The van der Waals surface area contributed by atoms with Crippen LogP contribution in [0, 0.1) is 0 Å². The molecule has 0 bridgehead atoms. The average Bonchev–Trinajstić information content (AvgIpc) is 2.26. The summed E-state index contributed by atoms with van der Waals surface area (Å²) in [6.07, 6.45) is -6.70. The first-order valence-corrected chi connectivity index (χ1v) is 5.00. The third kappa shape index (κ3) is 2.87. The molecule has 0 saturated carbocycles. The summed E-state index contributed by atoms with van der Waals surface area (Å²) in [5.41, 5.74) is -1.64. The molecule has 0 radical (unpaired) electrons. The van der Waals surface area contributed by atoms with Crippen LogP contribution in [0.15, 0.2) is 18.3 Å². The van der Waals surface area contributed by atoms with Gasteiger partial charge in [-0.2, -0.15) is 25.8 Å². The molecule has 0 aliphatic rings. The van der Waals surface area contributed by atoms with Crippen LogP contribution in [0.25, 0.3) is 0 Å². The lowest BCUT2D eigenvalue weighted by Gasteiger charge is -2.19. The SMILES string of the molecule is OC(CS)C(O)c1cccnc1C(F)(F)F. The number of hydrogen-bond acceptors (Lipinski definition) is 4. The molecular weight excluding hydrogens is 243 g/mol. The van der Waals surface area contributed by atoms with Crippen LogP contribution in [0.5, 0.6) is 0 Å². The molecule has 0 aromatic carbocycles. The van der Waals surface area contributed by atoms with Gasteiger partial charge in [0.25, 0.3) is 0 Å². The highest BCUT2D eigenvalue weighted by Gasteiger charge is 2.37. The van der Waals surface area contributed by atoms with Crippen molar-refractivity contribution in [3.63, 3.8) is 0 Å². The van der Waals surface area contributed by atoms with Crippen LogP contribution in [-0.4, -0.2) is 27.1 Å². The van der Waals surface area contributed by atoms with Gasteiger partial charge < -0.3 is 10.2 Å². The van der Waals surface area contributed by atoms with Crippen molar-refractivity contribution in [3.8, 4) is 0 Å². The summed E-state index contributed by atoms with van der Waals surface area (Å²) < 4.78 is 37.5. The molecule has 0 spiro atoms. The lowest BCUT2D eigenvalue weighted by molar-refractivity contribution is -0.143. The second-order valence-corrected chi connectivity index (χ2v) is 3.50.